The van der Waals surface area contributed by atoms with Gasteiger partial charge < -0.3 is 9.80 Å². The molecule has 1 aliphatic heterocycles. The predicted octanol–water partition coefficient (Wildman–Crippen LogP) is 5.41. The summed E-state index contributed by atoms with van der Waals surface area (Å²) in [5, 5.41) is 0. The number of carbonyl (C=O) groups excluding carboxylic acids is 1. The van der Waals surface area contributed by atoms with Gasteiger partial charge in [-0.3, -0.25) is 4.79 Å². The molecule has 34 heavy (non-hydrogen) atoms. The SMILES string of the molecule is CCCCCC(=O)N1CCN(c2nc(-c3cccc(F)c3)nc(C)c2Cc2ccccc2)CC1. The summed E-state index contributed by atoms with van der Waals surface area (Å²) in [5.41, 5.74) is 3.83. The van der Waals surface area contributed by atoms with E-state index in [0.717, 1.165) is 55.8 Å². The molecule has 1 aliphatic rings. The maximum absolute atomic E-state index is 13.9. The Morgan fingerprint density at radius 3 is 2.44 bits per heavy atom. The Bertz CT molecular complexity index is 1110. The second kappa shape index (κ2) is 11.2. The summed E-state index contributed by atoms with van der Waals surface area (Å²) >= 11 is 0. The predicted molar refractivity (Wildman–Crippen MR) is 134 cm³/mol. The maximum atomic E-state index is 13.9. The van der Waals surface area contributed by atoms with E-state index in [1.54, 1.807) is 6.07 Å². The van der Waals surface area contributed by atoms with E-state index in [1.807, 2.05) is 36.1 Å². The Hall–Kier alpha value is -3.28. The summed E-state index contributed by atoms with van der Waals surface area (Å²) in [6.45, 7) is 6.97. The zero-order chi connectivity index (χ0) is 23.9. The van der Waals surface area contributed by atoms with Crippen molar-refractivity contribution in [3.63, 3.8) is 0 Å². The Morgan fingerprint density at radius 2 is 1.74 bits per heavy atom. The summed E-state index contributed by atoms with van der Waals surface area (Å²) in [7, 11) is 0. The second-order valence-electron chi connectivity index (χ2n) is 8.93. The first-order chi connectivity index (χ1) is 16.5. The molecule has 0 spiro atoms. The van der Waals surface area contributed by atoms with Crippen LogP contribution in [0.1, 0.15) is 49.4 Å². The van der Waals surface area contributed by atoms with Crippen LogP contribution in [0, 0.1) is 12.7 Å². The molecule has 178 valence electrons. The molecule has 6 heteroatoms. The fraction of sp³-hybridized carbons (Fsp3) is 0.393. The molecule has 1 saturated heterocycles. The molecule has 3 aromatic rings. The van der Waals surface area contributed by atoms with Gasteiger partial charge in [0.1, 0.15) is 11.6 Å². The fourth-order valence-corrected chi connectivity index (χ4v) is 4.46. The highest BCUT2D eigenvalue weighted by Crippen LogP contribution is 2.28. The molecule has 2 heterocycles. The molecule has 5 nitrogen and oxygen atoms in total. The van der Waals surface area contributed by atoms with Crippen molar-refractivity contribution in [1.82, 2.24) is 14.9 Å². The molecule has 0 saturated carbocycles. The summed E-state index contributed by atoms with van der Waals surface area (Å²) in [5.74, 6) is 1.36. The Balaban J connectivity index is 1.61. The van der Waals surface area contributed by atoms with Gasteiger partial charge in [0.05, 0.1) is 0 Å². The standard InChI is InChI=1S/C28H33FN4O/c1-3-4-6-14-26(34)32-15-17-33(18-16-32)28-25(19-22-10-7-5-8-11-22)21(2)30-27(31-28)23-12-9-13-24(29)20-23/h5,7-13,20H,3-4,6,14-19H2,1-2H3. The summed E-state index contributed by atoms with van der Waals surface area (Å²) < 4.78 is 13.9. The van der Waals surface area contributed by atoms with Crippen molar-refractivity contribution in [3.8, 4) is 11.4 Å². The lowest BCUT2D eigenvalue weighted by atomic mass is 10.0. The van der Waals surface area contributed by atoms with Crippen LogP contribution in [0.4, 0.5) is 10.2 Å². The Kier molecular flexibility index (Phi) is 7.88. The fourth-order valence-electron chi connectivity index (χ4n) is 4.46. The highest BCUT2D eigenvalue weighted by molar-refractivity contribution is 5.76. The van der Waals surface area contributed by atoms with Gasteiger partial charge in [0.25, 0.3) is 0 Å². The highest BCUT2D eigenvalue weighted by atomic mass is 19.1. The normalized spacial score (nSPS) is 13.9. The Morgan fingerprint density at radius 1 is 0.971 bits per heavy atom. The van der Waals surface area contributed by atoms with Crippen LogP contribution in [-0.4, -0.2) is 47.0 Å². The number of aryl methyl sites for hydroxylation is 1. The number of benzene rings is 2. The molecule has 1 fully saturated rings. The minimum absolute atomic E-state index is 0.247. The molecule has 4 rings (SSSR count). The summed E-state index contributed by atoms with van der Waals surface area (Å²) in [6.07, 6.45) is 4.52. The van der Waals surface area contributed by atoms with Crippen molar-refractivity contribution in [1.29, 1.82) is 0 Å². The molecule has 0 aliphatic carbocycles. The molecule has 0 bridgehead atoms. The van der Waals surface area contributed by atoms with Gasteiger partial charge in [0, 0.05) is 55.8 Å². The first-order valence-corrected chi connectivity index (χ1v) is 12.2. The van der Waals surface area contributed by atoms with Crippen molar-refractivity contribution in [2.45, 2.75) is 46.0 Å². The van der Waals surface area contributed by atoms with Crippen molar-refractivity contribution in [2.75, 3.05) is 31.1 Å². The number of rotatable bonds is 8. The van der Waals surface area contributed by atoms with Gasteiger partial charge in [-0.15, -0.1) is 0 Å². The quantitative estimate of drug-likeness (QED) is 0.422. The monoisotopic (exact) mass is 460 g/mol. The number of piperazine rings is 1. The Labute approximate surface area is 201 Å². The summed E-state index contributed by atoms with van der Waals surface area (Å²) in [4.78, 5) is 26.5. The van der Waals surface area contributed by atoms with Crippen molar-refractivity contribution in [3.05, 3.63) is 77.2 Å². The average molecular weight is 461 g/mol. The van der Waals surface area contributed by atoms with Gasteiger partial charge in [-0.25, -0.2) is 14.4 Å². The number of hydrogen-bond acceptors (Lipinski definition) is 4. The van der Waals surface area contributed by atoms with Gasteiger partial charge in [-0.2, -0.15) is 0 Å². The van der Waals surface area contributed by atoms with Crippen LogP contribution >= 0.6 is 0 Å². The van der Waals surface area contributed by atoms with Crippen molar-refractivity contribution >= 4 is 11.7 Å². The zero-order valence-corrected chi connectivity index (χ0v) is 20.1. The third kappa shape index (κ3) is 5.79. The minimum Gasteiger partial charge on any atom is -0.353 e. The number of carbonyl (C=O) groups is 1. The molecule has 2 aromatic carbocycles. The van der Waals surface area contributed by atoms with Gasteiger partial charge in [0.15, 0.2) is 5.82 Å². The molecule has 0 atom stereocenters. The van der Waals surface area contributed by atoms with Gasteiger partial charge in [-0.05, 0) is 31.0 Å². The van der Waals surface area contributed by atoms with E-state index in [9.17, 15) is 9.18 Å². The molecule has 0 radical (unpaired) electrons. The number of unbranched alkanes of at least 4 members (excludes halogenated alkanes) is 2. The van der Waals surface area contributed by atoms with E-state index < -0.39 is 0 Å². The van der Waals surface area contributed by atoms with E-state index >= 15 is 0 Å². The average Bonchev–Trinajstić information content (AvgIpc) is 2.86. The van der Waals surface area contributed by atoms with Gasteiger partial charge >= 0.3 is 0 Å². The number of anilines is 1. The van der Waals surface area contributed by atoms with E-state index in [1.165, 1.54) is 17.7 Å². The number of halogens is 1. The van der Waals surface area contributed by atoms with Crippen LogP contribution < -0.4 is 4.90 Å². The lowest BCUT2D eigenvalue weighted by molar-refractivity contribution is -0.131. The lowest BCUT2D eigenvalue weighted by Crippen LogP contribution is -2.49. The van der Waals surface area contributed by atoms with Crippen LogP contribution in [-0.2, 0) is 11.2 Å². The van der Waals surface area contributed by atoms with Crippen molar-refractivity contribution in [2.24, 2.45) is 0 Å². The summed E-state index contributed by atoms with van der Waals surface area (Å²) in [6, 6.07) is 16.7. The maximum Gasteiger partial charge on any atom is 0.222 e. The van der Waals surface area contributed by atoms with Gasteiger partial charge in [0.2, 0.25) is 5.91 Å². The third-order valence-corrected chi connectivity index (χ3v) is 6.42. The van der Waals surface area contributed by atoms with Crippen LogP contribution in [0.25, 0.3) is 11.4 Å². The second-order valence-corrected chi connectivity index (χ2v) is 8.93. The minimum atomic E-state index is -0.302. The number of nitrogens with zero attached hydrogens (tertiary/aromatic N) is 4. The van der Waals surface area contributed by atoms with E-state index in [2.05, 4.69) is 24.0 Å². The smallest absolute Gasteiger partial charge is 0.222 e. The first kappa shape index (κ1) is 23.9. The van der Waals surface area contributed by atoms with Crippen LogP contribution in [0.3, 0.4) is 0 Å². The third-order valence-electron chi connectivity index (χ3n) is 6.42. The van der Waals surface area contributed by atoms with E-state index in [0.29, 0.717) is 30.9 Å². The zero-order valence-electron chi connectivity index (χ0n) is 20.1. The van der Waals surface area contributed by atoms with E-state index in [-0.39, 0.29) is 11.7 Å². The van der Waals surface area contributed by atoms with E-state index in [4.69, 9.17) is 9.97 Å². The lowest BCUT2D eigenvalue weighted by Gasteiger charge is -2.36. The number of amides is 1. The number of hydrogen-bond donors (Lipinski definition) is 0. The van der Waals surface area contributed by atoms with Crippen LogP contribution in [0.2, 0.25) is 0 Å². The first-order valence-electron chi connectivity index (χ1n) is 12.2. The van der Waals surface area contributed by atoms with Crippen molar-refractivity contribution < 1.29 is 9.18 Å². The molecule has 1 amide bonds. The molecule has 0 unspecified atom stereocenters. The molecular formula is C28H33FN4O. The van der Waals surface area contributed by atoms with Crippen LogP contribution in [0.15, 0.2) is 54.6 Å². The molecule has 1 aromatic heterocycles. The highest BCUT2D eigenvalue weighted by Gasteiger charge is 2.25. The van der Waals surface area contributed by atoms with Crippen LogP contribution in [0.5, 0.6) is 0 Å². The van der Waals surface area contributed by atoms with Gasteiger partial charge in [-0.1, -0.05) is 62.2 Å². The molecular weight excluding hydrogens is 427 g/mol. The largest absolute Gasteiger partial charge is 0.353 e. The molecule has 0 N–H and O–H groups in total. The topological polar surface area (TPSA) is 49.3 Å². The number of aromatic nitrogens is 2.